The molecule has 0 aliphatic carbocycles. The highest BCUT2D eigenvalue weighted by Gasteiger charge is 2.15. The van der Waals surface area contributed by atoms with Crippen LogP contribution in [0.3, 0.4) is 0 Å². The summed E-state index contributed by atoms with van der Waals surface area (Å²) in [7, 11) is 2.03. The number of nitrogens with zero attached hydrogens (tertiary/aromatic N) is 1. The summed E-state index contributed by atoms with van der Waals surface area (Å²) >= 11 is 6.31. The van der Waals surface area contributed by atoms with Crippen LogP contribution in [0, 0.1) is 0 Å². The zero-order valence-electron chi connectivity index (χ0n) is 12.6. The molecule has 1 N–H and O–H groups in total. The lowest BCUT2D eigenvalue weighted by atomic mass is 10.0. The molecule has 1 atom stereocenters. The van der Waals surface area contributed by atoms with Crippen LogP contribution < -0.4 is 5.32 Å². The fraction of sp³-hybridized carbons (Fsp3) is 0.647. The standard InChI is InChI=1S/C17H27ClN2/c1-19-17(15-9-5-6-10-16(15)18)11-14-20-12-7-3-2-4-8-13-20/h5-6,9-10,17,19H,2-4,7-8,11-14H2,1H3. The summed E-state index contributed by atoms with van der Waals surface area (Å²) < 4.78 is 0. The number of rotatable bonds is 5. The van der Waals surface area contributed by atoms with Crippen LogP contribution in [0.25, 0.3) is 0 Å². The van der Waals surface area contributed by atoms with Crippen LogP contribution in [-0.4, -0.2) is 31.6 Å². The second-order valence-electron chi connectivity index (χ2n) is 5.76. The average Bonchev–Trinajstić information content (AvgIpc) is 2.43. The minimum Gasteiger partial charge on any atom is -0.313 e. The third-order valence-corrected chi connectivity index (χ3v) is 4.66. The largest absolute Gasteiger partial charge is 0.313 e. The highest BCUT2D eigenvalue weighted by Crippen LogP contribution is 2.25. The summed E-state index contributed by atoms with van der Waals surface area (Å²) in [6, 6.07) is 8.54. The van der Waals surface area contributed by atoms with E-state index in [0.29, 0.717) is 6.04 Å². The summed E-state index contributed by atoms with van der Waals surface area (Å²) in [5, 5.41) is 4.29. The molecule has 1 aromatic carbocycles. The maximum absolute atomic E-state index is 6.31. The maximum Gasteiger partial charge on any atom is 0.0453 e. The molecule has 0 amide bonds. The maximum atomic E-state index is 6.31. The smallest absolute Gasteiger partial charge is 0.0453 e. The third-order valence-electron chi connectivity index (χ3n) is 4.31. The van der Waals surface area contributed by atoms with Gasteiger partial charge < -0.3 is 10.2 Å². The zero-order chi connectivity index (χ0) is 14.2. The van der Waals surface area contributed by atoms with E-state index in [4.69, 9.17) is 11.6 Å². The number of hydrogen-bond donors (Lipinski definition) is 1. The molecule has 1 aliphatic heterocycles. The van der Waals surface area contributed by atoms with Gasteiger partial charge in [0.15, 0.2) is 0 Å². The van der Waals surface area contributed by atoms with Gasteiger partial charge in [0, 0.05) is 11.1 Å². The quantitative estimate of drug-likeness (QED) is 0.873. The first kappa shape index (κ1) is 15.8. The third kappa shape index (κ3) is 4.76. The SMILES string of the molecule is CNC(CCN1CCCCCCC1)c1ccccc1Cl. The number of benzene rings is 1. The van der Waals surface area contributed by atoms with E-state index < -0.39 is 0 Å². The highest BCUT2D eigenvalue weighted by atomic mass is 35.5. The van der Waals surface area contributed by atoms with Crippen LogP contribution in [0.15, 0.2) is 24.3 Å². The van der Waals surface area contributed by atoms with Gasteiger partial charge in [-0.05, 0) is 57.6 Å². The van der Waals surface area contributed by atoms with Crippen molar-refractivity contribution < 1.29 is 0 Å². The van der Waals surface area contributed by atoms with E-state index in [1.165, 1.54) is 50.8 Å². The summed E-state index contributed by atoms with van der Waals surface area (Å²) in [6.45, 7) is 3.69. The minimum absolute atomic E-state index is 0.356. The van der Waals surface area contributed by atoms with Crippen molar-refractivity contribution in [2.24, 2.45) is 0 Å². The molecule has 2 nitrogen and oxygen atoms in total. The van der Waals surface area contributed by atoms with E-state index >= 15 is 0 Å². The highest BCUT2D eigenvalue weighted by molar-refractivity contribution is 6.31. The first-order chi connectivity index (χ1) is 9.81. The molecule has 112 valence electrons. The van der Waals surface area contributed by atoms with Gasteiger partial charge in [0.2, 0.25) is 0 Å². The molecule has 1 unspecified atom stereocenters. The Kier molecular flexibility index (Phi) is 6.85. The van der Waals surface area contributed by atoms with Gasteiger partial charge in [0.1, 0.15) is 0 Å². The molecule has 2 rings (SSSR count). The Balaban J connectivity index is 1.88. The lowest BCUT2D eigenvalue weighted by Gasteiger charge is -2.27. The van der Waals surface area contributed by atoms with Crippen molar-refractivity contribution in [3.63, 3.8) is 0 Å². The first-order valence-corrected chi connectivity index (χ1v) is 8.33. The van der Waals surface area contributed by atoms with Crippen molar-refractivity contribution in [2.45, 2.75) is 44.6 Å². The van der Waals surface area contributed by atoms with Crippen molar-refractivity contribution in [3.8, 4) is 0 Å². The van der Waals surface area contributed by atoms with E-state index in [1.807, 2.05) is 19.2 Å². The lowest BCUT2D eigenvalue weighted by molar-refractivity contribution is 0.235. The van der Waals surface area contributed by atoms with Crippen LogP contribution in [0.1, 0.15) is 50.1 Å². The summed E-state index contributed by atoms with van der Waals surface area (Å²) in [5.74, 6) is 0. The molecule has 0 spiro atoms. The molecule has 3 heteroatoms. The molecular weight excluding hydrogens is 268 g/mol. The van der Waals surface area contributed by atoms with Gasteiger partial charge in [-0.2, -0.15) is 0 Å². The topological polar surface area (TPSA) is 15.3 Å². The average molecular weight is 295 g/mol. The van der Waals surface area contributed by atoms with E-state index in [1.54, 1.807) is 0 Å². The molecule has 1 saturated heterocycles. The molecular formula is C17H27ClN2. The van der Waals surface area contributed by atoms with E-state index in [2.05, 4.69) is 22.3 Å². The number of nitrogens with one attached hydrogen (secondary N) is 1. The van der Waals surface area contributed by atoms with Crippen molar-refractivity contribution in [3.05, 3.63) is 34.9 Å². The Labute approximate surface area is 128 Å². The molecule has 1 fully saturated rings. The fourth-order valence-electron chi connectivity index (χ4n) is 3.06. The molecule has 0 aromatic heterocycles. The summed E-state index contributed by atoms with van der Waals surface area (Å²) in [4.78, 5) is 2.63. The molecule has 1 heterocycles. The van der Waals surface area contributed by atoms with Crippen molar-refractivity contribution >= 4 is 11.6 Å². The van der Waals surface area contributed by atoms with Crippen molar-refractivity contribution in [1.82, 2.24) is 10.2 Å². The van der Waals surface area contributed by atoms with Gasteiger partial charge in [-0.25, -0.2) is 0 Å². The van der Waals surface area contributed by atoms with Gasteiger partial charge in [-0.1, -0.05) is 49.1 Å². The Morgan fingerprint density at radius 1 is 1.10 bits per heavy atom. The zero-order valence-corrected chi connectivity index (χ0v) is 13.3. The van der Waals surface area contributed by atoms with E-state index in [-0.39, 0.29) is 0 Å². The van der Waals surface area contributed by atoms with Gasteiger partial charge in [0.05, 0.1) is 0 Å². The first-order valence-electron chi connectivity index (χ1n) is 7.95. The second kappa shape index (κ2) is 8.66. The Morgan fingerprint density at radius 2 is 1.75 bits per heavy atom. The molecule has 20 heavy (non-hydrogen) atoms. The Hall–Kier alpha value is -0.570. The minimum atomic E-state index is 0.356. The Bertz CT molecular complexity index is 386. The van der Waals surface area contributed by atoms with Crippen molar-refractivity contribution in [2.75, 3.05) is 26.7 Å². The summed E-state index contributed by atoms with van der Waals surface area (Å²) in [6.07, 6.45) is 8.06. The van der Waals surface area contributed by atoms with Crippen LogP contribution >= 0.6 is 11.6 Å². The van der Waals surface area contributed by atoms with Gasteiger partial charge in [-0.15, -0.1) is 0 Å². The van der Waals surface area contributed by atoms with Crippen LogP contribution in [0.5, 0.6) is 0 Å². The van der Waals surface area contributed by atoms with E-state index in [0.717, 1.165) is 18.0 Å². The monoisotopic (exact) mass is 294 g/mol. The second-order valence-corrected chi connectivity index (χ2v) is 6.17. The normalized spacial score (nSPS) is 19.3. The number of likely N-dealkylation sites (tertiary alicyclic amines) is 1. The molecule has 0 saturated carbocycles. The predicted octanol–water partition coefficient (Wildman–Crippen LogP) is 4.26. The molecule has 0 bridgehead atoms. The lowest BCUT2D eigenvalue weighted by Crippen LogP contribution is -2.31. The van der Waals surface area contributed by atoms with Gasteiger partial charge in [-0.3, -0.25) is 0 Å². The molecule has 1 aliphatic rings. The number of hydrogen-bond acceptors (Lipinski definition) is 2. The predicted molar refractivity (Wildman–Crippen MR) is 87.4 cm³/mol. The van der Waals surface area contributed by atoms with Crippen molar-refractivity contribution in [1.29, 1.82) is 0 Å². The molecule has 0 radical (unpaired) electrons. The fourth-order valence-corrected chi connectivity index (χ4v) is 3.33. The van der Waals surface area contributed by atoms with Crippen LogP contribution in [0.4, 0.5) is 0 Å². The van der Waals surface area contributed by atoms with Gasteiger partial charge in [0.25, 0.3) is 0 Å². The van der Waals surface area contributed by atoms with E-state index in [9.17, 15) is 0 Å². The number of halogens is 1. The summed E-state index contributed by atoms with van der Waals surface area (Å²) in [5.41, 5.74) is 1.23. The van der Waals surface area contributed by atoms with Gasteiger partial charge >= 0.3 is 0 Å². The van der Waals surface area contributed by atoms with Crippen LogP contribution in [-0.2, 0) is 0 Å². The molecule has 1 aromatic rings. The Morgan fingerprint density at radius 3 is 2.40 bits per heavy atom. The van der Waals surface area contributed by atoms with Crippen LogP contribution in [0.2, 0.25) is 5.02 Å².